The Kier molecular flexibility index (Phi) is 7.43. The molecule has 7 heteroatoms. The molecule has 1 aliphatic heterocycles. The van der Waals surface area contributed by atoms with Crippen molar-refractivity contribution in [2.24, 2.45) is 0 Å². The Morgan fingerprint density at radius 3 is 2.72 bits per heavy atom. The Balaban J connectivity index is 1.50. The van der Waals surface area contributed by atoms with Crippen LogP contribution in [0.15, 0.2) is 48.8 Å². The third-order valence-electron chi connectivity index (χ3n) is 5.41. The Labute approximate surface area is 172 Å². The molecule has 2 heterocycles. The van der Waals surface area contributed by atoms with Gasteiger partial charge < -0.3 is 20.1 Å². The summed E-state index contributed by atoms with van der Waals surface area (Å²) in [6.45, 7) is 8.64. The van der Waals surface area contributed by atoms with E-state index in [0.717, 1.165) is 38.3 Å². The Hall–Kier alpha value is -2.64. The second-order valence-corrected chi connectivity index (χ2v) is 7.43. The van der Waals surface area contributed by atoms with E-state index in [4.69, 9.17) is 9.47 Å². The lowest BCUT2D eigenvalue weighted by Gasteiger charge is -2.43. The maximum Gasteiger partial charge on any atom is 0.319 e. The zero-order valence-electron chi connectivity index (χ0n) is 17.2. The van der Waals surface area contributed by atoms with E-state index in [1.807, 2.05) is 36.4 Å². The normalized spacial score (nSPS) is 16.6. The summed E-state index contributed by atoms with van der Waals surface area (Å²) >= 11 is 0. The molecule has 156 valence electrons. The van der Waals surface area contributed by atoms with Gasteiger partial charge in [0.1, 0.15) is 12.4 Å². The molecule has 2 aromatic rings. The van der Waals surface area contributed by atoms with Gasteiger partial charge in [0.25, 0.3) is 0 Å². The lowest BCUT2D eigenvalue weighted by molar-refractivity contribution is -0.0163. The number of hydrogen-bond acceptors (Lipinski definition) is 5. The molecule has 0 spiro atoms. The van der Waals surface area contributed by atoms with Crippen LogP contribution in [0.1, 0.15) is 25.8 Å². The molecule has 1 aromatic carbocycles. The molecular formula is C22H30N4O3. The molecule has 3 rings (SSSR count). The van der Waals surface area contributed by atoms with Crippen LogP contribution in [0, 0.1) is 0 Å². The molecule has 1 unspecified atom stereocenters. The molecule has 1 aliphatic rings. The Morgan fingerprint density at radius 2 is 2.00 bits per heavy atom. The number of rotatable bonds is 8. The molecular weight excluding hydrogens is 368 g/mol. The molecule has 1 aromatic heterocycles. The average Bonchev–Trinajstić information content (AvgIpc) is 2.78. The van der Waals surface area contributed by atoms with Gasteiger partial charge in [-0.25, -0.2) is 4.79 Å². The Bertz CT molecular complexity index is 781. The van der Waals surface area contributed by atoms with Crippen molar-refractivity contribution in [2.45, 2.75) is 32.4 Å². The van der Waals surface area contributed by atoms with E-state index in [1.54, 1.807) is 12.4 Å². The van der Waals surface area contributed by atoms with Crippen LogP contribution in [-0.4, -0.2) is 54.3 Å². The van der Waals surface area contributed by atoms with Gasteiger partial charge in [0.05, 0.1) is 13.2 Å². The predicted octanol–water partition coefficient (Wildman–Crippen LogP) is 3.28. The first kappa shape index (κ1) is 21.1. The number of hydrogen-bond donors (Lipinski definition) is 2. The molecule has 0 saturated carbocycles. The number of carbonyl (C=O) groups is 1. The fourth-order valence-electron chi connectivity index (χ4n) is 3.32. The molecule has 2 amide bonds. The summed E-state index contributed by atoms with van der Waals surface area (Å²) < 4.78 is 11.3. The van der Waals surface area contributed by atoms with Crippen LogP contribution in [0.4, 0.5) is 10.5 Å². The molecule has 7 nitrogen and oxygen atoms in total. The molecule has 1 saturated heterocycles. The van der Waals surface area contributed by atoms with Crippen LogP contribution < -0.4 is 15.4 Å². The smallest absolute Gasteiger partial charge is 0.319 e. The molecule has 0 bridgehead atoms. The fourth-order valence-corrected chi connectivity index (χ4v) is 3.32. The number of pyridine rings is 1. The number of ether oxygens (including phenoxy) is 2. The summed E-state index contributed by atoms with van der Waals surface area (Å²) in [6, 6.07) is 11.0. The minimum absolute atomic E-state index is 0.0867. The van der Waals surface area contributed by atoms with Crippen molar-refractivity contribution in [3.63, 3.8) is 0 Å². The minimum atomic E-state index is -0.218. The van der Waals surface area contributed by atoms with Crippen LogP contribution >= 0.6 is 0 Å². The van der Waals surface area contributed by atoms with E-state index >= 15 is 0 Å². The van der Waals surface area contributed by atoms with Crippen LogP contribution in [0.2, 0.25) is 0 Å². The monoisotopic (exact) mass is 398 g/mol. The number of anilines is 1. The number of benzene rings is 1. The first-order valence-corrected chi connectivity index (χ1v) is 10.1. The van der Waals surface area contributed by atoms with Gasteiger partial charge in [-0.2, -0.15) is 0 Å². The summed E-state index contributed by atoms with van der Waals surface area (Å²) in [5.74, 6) is 0.700. The molecule has 0 radical (unpaired) electrons. The highest BCUT2D eigenvalue weighted by Crippen LogP contribution is 2.21. The number of aromatic nitrogens is 1. The minimum Gasteiger partial charge on any atom is -0.489 e. The van der Waals surface area contributed by atoms with Crippen molar-refractivity contribution in [2.75, 3.05) is 38.2 Å². The summed E-state index contributed by atoms with van der Waals surface area (Å²) in [5, 5.41) is 5.91. The number of amides is 2. The zero-order valence-corrected chi connectivity index (χ0v) is 17.2. The highest BCUT2D eigenvalue weighted by atomic mass is 16.5. The maximum absolute atomic E-state index is 12.4. The summed E-state index contributed by atoms with van der Waals surface area (Å²) in [6.07, 6.45) is 4.43. The van der Waals surface area contributed by atoms with E-state index in [1.165, 1.54) is 0 Å². The third-order valence-corrected chi connectivity index (χ3v) is 5.41. The van der Waals surface area contributed by atoms with Gasteiger partial charge in [-0.05, 0) is 43.2 Å². The number of morpholine rings is 1. The van der Waals surface area contributed by atoms with Crippen LogP contribution in [0.25, 0.3) is 0 Å². The van der Waals surface area contributed by atoms with Crippen molar-refractivity contribution in [3.05, 3.63) is 54.4 Å². The lowest BCUT2D eigenvalue weighted by Crippen LogP contribution is -2.57. The SMILES string of the molecule is CCC(C)(CNC(=O)Nc1cccc(OCc2ccncc2)c1)N1CCOCC1. The quantitative estimate of drug-likeness (QED) is 0.714. The second-order valence-electron chi connectivity index (χ2n) is 7.43. The van der Waals surface area contributed by atoms with E-state index in [0.29, 0.717) is 24.6 Å². The maximum atomic E-state index is 12.4. The third kappa shape index (κ3) is 6.17. The first-order chi connectivity index (χ1) is 14.1. The van der Waals surface area contributed by atoms with Gasteiger partial charge in [-0.15, -0.1) is 0 Å². The van der Waals surface area contributed by atoms with Gasteiger partial charge in [0.2, 0.25) is 0 Å². The second kappa shape index (κ2) is 10.2. The topological polar surface area (TPSA) is 75.7 Å². The van der Waals surface area contributed by atoms with Crippen LogP contribution in [0.5, 0.6) is 5.75 Å². The van der Waals surface area contributed by atoms with Crippen molar-refractivity contribution in [1.82, 2.24) is 15.2 Å². The average molecular weight is 399 g/mol. The molecule has 1 atom stereocenters. The van der Waals surface area contributed by atoms with Gasteiger partial charge in [0.15, 0.2) is 0 Å². The molecule has 2 N–H and O–H groups in total. The number of nitrogens with zero attached hydrogens (tertiary/aromatic N) is 2. The zero-order chi connectivity index (χ0) is 20.5. The fraction of sp³-hybridized carbons (Fsp3) is 0.455. The molecule has 1 fully saturated rings. The standard InChI is InChI=1S/C22H30N4O3/c1-3-22(2,26-11-13-28-14-12-26)17-24-21(27)25-19-5-4-6-20(15-19)29-16-18-7-9-23-10-8-18/h4-10,15H,3,11-14,16-17H2,1-2H3,(H2,24,25,27). The van der Waals surface area contributed by atoms with Crippen molar-refractivity contribution in [3.8, 4) is 5.75 Å². The van der Waals surface area contributed by atoms with E-state index in [9.17, 15) is 4.79 Å². The first-order valence-electron chi connectivity index (χ1n) is 10.1. The van der Waals surface area contributed by atoms with Gasteiger partial charge >= 0.3 is 6.03 Å². The number of urea groups is 1. The highest BCUT2D eigenvalue weighted by Gasteiger charge is 2.31. The van der Waals surface area contributed by atoms with Gasteiger partial charge in [-0.3, -0.25) is 9.88 Å². The van der Waals surface area contributed by atoms with Gasteiger partial charge in [-0.1, -0.05) is 13.0 Å². The highest BCUT2D eigenvalue weighted by molar-refractivity contribution is 5.89. The molecule has 29 heavy (non-hydrogen) atoms. The van der Waals surface area contributed by atoms with E-state index in [-0.39, 0.29) is 11.6 Å². The summed E-state index contributed by atoms with van der Waals surface area (Å²) in [4.78, 5) is 18.8. The van der Waals surface area contributed by atoms with E-state index in [2.05, 4.69) is 34.4 Å². The van der Waals surface area contributed by atoms with Gasteiger partial charge in [0, 0.05) is 49.3 Å². The number of nitrogens with one attached hydrogen (secondary N) is 2. The van der Waals surface area contributed by atoms with Crippen molar-refractivity contribution in [1.29, 1.82) is 0 Å². The van der Waals surface area contributed by atoms with Crippen LogP contribution in [-0.2, 0) is 11.3 Å². The van der Waals surface area contributed by atoms with Crippen molar-refractivity contribution >= 4 is 11.7 Å². The van der Waals surface area contributed by atoms with Crippen molar-refractivity contribution < 1.29 is 14.3 Å². The molecule has 0 aliphatic carbocycles. The van der Waals surface area contributed by atoms with Crippen LogP contribution in [0.3, 0.4) is 0 Å². The summed E-state index contributed by atoms with van der Waals surface area (Å²) in [7, 11) is 0. The predicted molar refractivity (Wildman–Crippen MR) is 113 cm³/mol. The lowest BCUT2D eigenvalue weighted by atomic mass is 9.95. The number of carbonyl (C=O) groups excluding carboxylic acids is 1. The Morgan fingerprint density at radius 1 is 1.24 bits per heavy atom. The largest absolute Gasteiger partial charge is 0.489 e. The summed E-state index contributed by atoms with van der Waals surface area (Å²) in [5.41, 5.74) is 1.65. The van der Waals surface area contributed by atoms with E-state index < -0.39 is 0 Å².